The number of ether oxygens (including phenoxy) is 2. The van der Waals surface area contributed by atoms with Gasteiger partial charge < -0.3 is 82.8 Å². The van der Waals surface area contributed by atoms with Crippen LogP contribution < -0.4 is 17.2 Å². The van der Waals surface area contributed by atoms with E-state index in [4.69, 9.17) is 47.1 Å². The van der Waals surface area contributed by atoms with Crippen molar-refractivity contribution >= 4 is 0 Å². The molecule has 0 aliphatic carbocycles. The Morgan fingerprint density at radius 2 is 0.912 bits per heavy atom. The fourth-order valence-corrected chi connectivity index (χ4v) is 2.44. The minimum absolute atomic E-state index is 0.310. The van der Waals surface area contributed by atoms with Crippen molar-refractivity contribution in [3.8, 4) is 0 Å². The second-order valence-electron chi connectivity index (χ2n) is 6.90. The van der Waals surface area contributed by atoms with Gasteiger partial charge in [-0.15, -0.1) is 0 Å². The molecule has 17 N–H and O–H groups in total. The molecule has 0 heterocycles. The molecule has 0 saturated carbocycles. The highest BCUT2D eigenvalue weighted by Gasteiger charge is 2.29. The number of aliphatic hydroxyl groups is 11. The summed E-state index contributed by atoms with van der Waals surface area (Å²) in [5, 5.41) is 105. The van der Waals surface area contributed by atoms with Crippen LogP contribution in [0.2, 0.25) is 0 Å². The largest absolute Gasteiger partial charge is 0.508 e. The van der Waals surface area contributed by atoms with Gasteiger partial charge in [-0.1, -0.05) is 0 Å². The van der Waals surface area contributed by atoms with Gasteiger partial charge in [0.2, 0.25) is 0 Å². The molecule has 0 saturated heterocycles. The van der Waals surface area contributed by atoms with Gasteiger partial charge in [0.25, 0.3) is 0 Å². The molecule has 0 aromatic heterocycles. The lowest BCUT2D eigenvalue weighted by Gasteiger charge is -2.26. The first-order valence-corrected chi connectivity index (χ1v) is 9.93. The summed E-state index contributed by atoms with van der Waals surface area (Å²) in [5.41, 5.74) is 14.0. The Hall–Kier alpha value is -2.38. The third kappa shape index (κ3) is 9.47. The zero-order chi connectivity index (χ0) is 26.6. The fourth-order valence-electron chi connectivity index (χ4n) is 2.44. The molecule has 200 valence electrons. The molecule has 16 heteroatoms. The van der Waals surface area contributed by atoms with Crippen molar-refractivity contribution in [2.75, 3.05) is 19.8 Å². The first-order valence-electron chi connectivity index (χ1n) is 9.93. The zero-order valence-corrected chi connectivity index (χ0v) is 18.2. The van der Waals surface area contributed by atoms with Crippen molar-refractivity contribution in [2.45, 2.75) is 56.4 Å². The highest BCUT2D eigenvalue weighted by Crippen LogP contribution is 2.21. The molecular weight excluding hydrogens is 466 g/mol. The van der Waals surface area contributed by atoms with E-state index < -0.39 is 104 Å². The van der Waals surface area contributed by atoms with Gasteiger partial charge >= 0.3 is 0 Å². The number of hydrogen-bond donors (Lipinski definition) is 14. The summed E-state index contributed by atoms with van der Waals surface area (Å²) in [5.74, 6) is -2.82. The van der Waals surface area contributed by atoms with Gasteiger partial charge in [-0.3, -0.25) is 0 Å². The van der Waals surface area contributed by atoms with E-state index in [1.807, 2.05) is 0 Å². The summed E-state index contributed by atoms with van der Waals surface area (Å²) in [6, 6.07) is 0. The van der Waals surface area contributed by atoms with Gasteiger partial charge in [0.05, 0.1) is 0 Å². The molecular formula is C18H35N3O13. The molecule has 0 aliphatic rings. The van der Waals surface area contributed by atoms with Gasteiger partial charge in [0, 0.05) is 39.1 Å². The lowest BCUT2D eigenvalue weighted by molar-refractivity contribution is -0.130. The lowest BCUT2D eigenvalue weighted by Crippen LogP contribution is -2.36. The van der Waals surface area contributed by atoms with Crippen molar-refractivity contribution in [3.63, 3.8) is 0 Å². The van der Waals surface area contributed by atoms with Crippen molar-refractivity contribution < 1.29 is 65.6 Å². The molecule has 0 aromatic carbocycles. The van der Waals surface area contributed by atoms with Gasteiger partial charge in [-0.2, -0.15) is 0 Å². The Morgan fingerprint density at radius 3 is 1.26 bits per heavy atom. The molecule has 0 spiro atoms. The van der Waals surface area contributed by atoms with E-state index in [-0.39, 0.29) is 6.42 Å². The Bertz CT molecular complexity index is 713. The summed E-state index contributed by atoms with van der Waals surface area (Å²) in [6.07, 6.45) is -12.6. The quantitative estimate of drug-likeness (QED) is 0.0698. The maximum Gasteiger partial charge on any atom is 0.200 e. The first kappa shape index (κ1) is 31.6. The number of aliphatic hydroxyl groups excluding tert-OH is 10. The predicted octanol–water partition coefficient (Wildman–Crippen LogP) is -4.60. The van der Waals surface area contributed by atoms with E-state index in [2.05, 4.69) is 0 Å². The second kappa shape index (κ2) is 15.5. The number of rotatable bonds is 16. The van der Waals surface area contributed by atoms with Gasteiger partial charge in [0.1, 0.15) is 52.7 Å². The summed E-state index contributed by atoms with van der Waals surface area (Å²) < 4.78 is 10.1. The first-order chi connectivity index (χ1) is 15.8. The van der Waals surface area contributed by atoms with Crippen molar-refractivity contribution in [1.29, 1.82) is 0 Å². The fraction of sp³-hybridized carbons (Fsp3) is 0.667. The Morgan fingerprint density at radius 1 is 0.559 bits per heavy atom. The Labute approximate surface area is 194 Å². The van der Waals surface area contributed by atoms with Gasteiger partial charge in [0.15, 0.2) is 18.9 Å². The molecule has 0 aromatic rings. The Balaban J connectivity index is 5.77. The molecule has 16 nitrogen and oxygen atoms in total. The van der Waals surface area contributed by atoms with Crippen LogP contribution in [0.15, 0.2) is 34.4 Å². The van der Waals surface area contributed by atoms with Crippen LogP contribution in [0.3, 0.4) is 0 Å². The third-order valence-corrected chi connectivity index (χ3v) is 4.39. The summed E-state index contributed by atoms with van der Waals surface area (Å²) in [4.78, 5) is 0. The molecule has 5 unspecified atom stereocenters. The van der Waals surface area contributed by atoms with Crippen molar-refractivity contribution in [3.05, 3.63) is 34.4 Å². The molecule has 0 radical (unpaired) electrons. The van der Waals surface area contributed by atoms with E-state index in [0.29, 0.717) is 0 Å². The smallest absolute Gasteiger partial charge is 0.200 e. The third-order valence-electron chi connectivity index (χ3n) is 4.39. The van der Waals surface area contributed by atoms with Crippen LogP contribution in [0.5, 0.6) is 0 Å². The van der Waals surface area contributed by atoms with E-state index in [9.17, 15) is 35.7 Å². The van der Waals surface area contributed by atoms with Crippen LogP contribution in [0.1, 0.15) is 19.3 Å². The lowest BCUT2D eigenvalue weighted by atomic mass is 10.1. The molecule has 5 atom stereocenters. The molecule has 0 rings (SSSR count). The molecule has 0 fully saturated rings. The van der Waals surface area contributed by atoms with Crippen LogP contribution in [-0.2, 0) is 9.47 Å². The second-order valence-corrected chi connectivity index (χ2v) is 6.90. The van der Waals surface area contributed by atoms with Crippen LogP contribution in [-0.4, -0.2) is 113 Å². The summed E-state index contributed by atoms with van der Waals surface area (Å²) in [6.45, 7) is -1.74. The SMILES string of the molecule is N/C(=C(\O)C(CCO)OC(O)/C(N)=C(/O)C(CCO)OC(O)/C(N)=C(/O)C(O)CCO)C(O)O. The predicted molar refractivity (Wildman–Crippen MR) is 113 cm³/mol. The summed E-state index contributed by atoms with van der Waals surface area (Å²) >= 11 is 0. The average Bonchev–Trinajstić information content (AvgIpc) is 2.80. The highest BCUT2D eigenvalue weighted by atomic mass is 16.6. The van der Waals surface area contributed by atoms with Crippen molar-refractivity contribution in [1.82, 2.24) is 0 Å². The minimum Gasteiger partial charge on any atom is -0.508 e. The normalized spacial score (nSPS) is 19.0. The van der Waals surface area contributed by atoms with Gasteiger partial charge in [-0.25, -0.2) is 0 Å². The number of nitrogens with two attached hydrogens (primary N) is 3. The minimum atomic E-state index is -2.28. The van der Waals surface area contributed by atoms with Crippen LogP contribution in [0.25, 0.3) is 0 Å². The van der Waals surface area contributed by atoms with E-state index in [1.54, 1.807) is 0 Å². The average molecular weight is 501 g/mol. The van der Waals surface area contributed by atoms with E-state index in [0.717, 1.165) is 0 Å². The van der Waals surface area contributed by atoms with Crippen LogP contribution in [0.4, 0.5) is 0 Å². The Kier molecular flexibility index (Phi) is 14.4. The monoisotopic (exact) mass is 501 g/mol. The maximum atomic E-state index is 10.4. The van der Waals surface area contributed by atoms with E-state index in [1.165, 1.54) is 0 Å². The molecule has 34 heavy (non-hydrogen) atoms. The summed E-state index contributed by atoms with van der Waals surface area (Å²) in [7, 11) is 0. The van der Waals surface area contributed by atoms with E-state index >= 15 is 0 Å². The van der Waals surface area contributed by atoms with Crippen molar-refractivity contribution in [2.24, 2.45) is 17.2 Å². The van der Waals surface area contributed by atoms with Crippen LogP contribution >= 0.6 is 0 Å². The standard InChI is InChI=1S/C18H35N3O13/c19-10(16(29)30)14(27)8(2-5-23)33-18(32)12(21)15(28)9(3-6-24)34-17(31)11(20)13(26)7(25)1-4-22/h7-9,16-18,22-32H,1-6,19-21H2/b13-11-,14-10-,15-12-. The zero-order valence-electron chi connectivity index (χ0n) is 18.2. The highest BCUT2D eigenvalue weighted by molar-refractivity contribution is 5.15. The molecule has 0 bridgehead atoms. The topological polar surface area (TPSA) is 319 Å². The van der Waals surface area contributed by atoms with Crippen LogP contribution in [0, 0.1) is 0 Å². The van der Waals surface area contributed by atoms with Gasteiger partial charge in [-0.05, 0) is 0 Å². The molecule has 0 amide bonds. The number of hydrogen-bond acceptors (Lipinski definition) is 16. The maximum absolute atomic E-state index is 10.4. The molecule has 0 aliphatic heterocycles.